The van der Waals surface area contributed by atoms with Crippen LogP contribution in [0.1, 0.15) is 33.4 Å². The average Bonchev–Trinajstić information content (AvgIpc) is 2.96. The Morgan fingerprint density at radius 1 is 0.571 bits per heavy atom. The molecule has 1 aliphatic heterocycles. The molecular formula is C39H34BNS. The first-order valence-corrected chi connectivity index (χ1v) is 15.6. The fourth-order valence-electron chi connectivity index (χ4n) is 7.25. The van der Waals surface area contributed by atoms with Crippen LogP contribution < -0.4 is 16.4 Å². The Bertz CT molecular complexity index is 1910. The van der Waals surface area contributed by atoms with Gasteiger partial charge in [0, 0.05) is 16.5 Å². The molecule has 42 heavy (non-hydrogen) atoms. The Morgan fingerprint density at radius 3 is 1.79 bits per heavy atom. The van der Waals surface area contributed by atoms with E-state index in [-0.39, 0.29) is 6.71 Å². The lowest BCUT2D eigenvalue weighted by molar-refractivity contribution is 1.16. The van der Waals surface area contributed by atoms with E-state index in [4.69, 9.17) is 4.98 Å². The van der Waals surface area contributed by atoms with E-state index in [0.717, 1.165) is 5.03 Å². The molecule has 204 valence electrons. The Balaban J connectivity index is 1.34. The Kier molecular flexibility index (Phi) is 6.59. The number of aryl methyl sites for hydroxylation is 6. The van der Waals surface area contributed by atoms with E-state index < -0.39 is 0 Å². The summed E-state index contributed by atoms with van der Waals surface area (Å²) >= 11 is 1.78. The fourth-order valence-corrected chi connectivity index (χ4v) is 8.32. The van der Waals surface area contributed by atoms with Crippen molar-refractivity contribution in [2.45, 2.75) is 51.5 Å². The highest BCUT2D eigenvalue weighted by Gasteiger charge is 2.28. The smallest absolute Gasteiger partial charge is 0.242 e. The van der Waals surface area contributed by atoms with Crippen LogP contribution in [-0.4, -0.2) is 11.7 Å². The van der Waals surface area contributed by atoms with Crippen molar-refractivity contribution in [1.29, 1.82) is 0 Å². The van der Waals surface area contributed by atoms with Gasteiger partial charge >= 0.3 is 0 Å². The summed E-state index contributed by atoms with van der Waals surface area (Å²) in [6.45, 7) is 13.7. The number of aromatic nitrogens is 1. The monoisotopic (exact) mass is 559 g/mol. The van der Waals surface area contributed by atoms with E-state index in [0.29, 0.717) is 0 Å². The van der Waals surface area contributed by atoms with Gasteiger partial charge in [0.1, 0.15) is 5.03 Å². The van der Waals surface area contributed by atoms with E-state index in [1.807, 2.05) is 6.20 Å². The molecule has 6 aromatic rings. The molecule has 0 saturated heterocycles. The minimum atomic E-state index is 0.182. The largest absolute Gasteiger partial charge is 0.249 e. The molecule has 1 aliphatic rings. The number of benzene rings is 5. The zero-order chi connectivity index (χ0) is 29.1. The third kappa shape index (κ3) is 4.48. The molecule has 0 N–H and O–H groups in total. The highest BCUT2D eigenvalue weighted by Crippen LogP contribution is 2.47. The number of fused-ring (bicyclic) bond motifs is 2. The lowest BCUT2D eigenvalue weighted by Crippen LogP contribution is -2.55. The quantitative estimate of drug-likeness (QED) is 0.201. The first kappa shape index (κ1) is 26.8. The van der Waals surface area contributed by atoms with Crippen LogP contribution in [0.5, 0.6) is 0 Å². The standard InChI is InChI=1S/C39H34BNS/c1-23-18-25(3)37(26(4)19-23)40(38-27(5)20-24(2)21-28(38)6)32-13-10-29(11-14-32)31-12-15-35-34(22-31)33-9-7-8-30-16-17-41-39(42-35)36(30)33/h7-22H,1-6H3. The molecular weight excluding hydrogens is 525 g/mol. The van der Waals surface area contributed by atoms with Crippen molar-refractivity contribution in [3.8, 4) is 22.3 Å². The lowest BCUT2D eigenvalue weighted by Gasteiger charge is -2.25. The predicted molar refractivity (Wildman–Crippen MR) is 183 cm³/mol. The van der Waals surface area contributed by atoms with Gasteiger partial charge in [0.25, 0.3) is 0 Å². The topological polar surface area (TPSA) is 12.9 Å². The van der Waals surface area contributed by atoms with Gasteiger partial charge in [-0.2, -0.15) is 0 Å². The van der Waals surface area contributed by atoms with Crippen LogP contribution in [0.4, 0.5) is 0 Å². The van der Waals surface area contributed by atoms with Crippen LogP contribution in [-0.2, 0) is 0 Å². The van der Waals surface area contributed by atoms with Crippen molar-refractivity contribution in [1.82, 2.24) is 4.98 Å². The van der Waals surface area contributed by atoms with Gasteiger partial charge in [-0.05, 0) is 87.4 Å². The number of hydrogen-bond donors (Lipinski definition) is 0. The van der Waals surface area contributed by atoms with Crippen LogP contribution in [0, 0.1) is 41.5 Å². The zero-order valence-corrected chi connectivity index (χ0v) is 26.0. The molecule has 7 rings (SSSR count). The fraction of sp³-hybridized carbons (Fsp3) is 0.154. The summed E-state index contributed by atoms with van der Waals surface area (Å²) in [5.74, 6) is 0. The summed E-state index contributed by atoms with van der Waals surface area (Å²) in [5.41, 5.74) is 17.3. The number of pyridine rings is 1. The summed E-state index contributed by atoms with van der Waals surface area (Å²) in [6, 6.07) is 34.3. The highest BCUT2D eigenvalue weighted by atomic mass is 32.2. The molecule has 3 heteroatoms. The van der Waals surface area contributed by atoms with E-state index in [1.54, 1.807) is 11.8 Å². The molecule has 1 nitrogen and oxygen atoms in total. The molecule has 1 aromatic heterocycles. The molecule has 0 atom stereocenters. The van der Waals surface area contributed by atoms with Crippen LogP contribution in [0.2, 0.25) is 0 Å². The summed E-state index contributed by atoms with van der Waals surface area (Å²) in [4.78, 5) is 5.96. The van der Waals surface area contributed by atoms with Gasteiger partial charge in [0.05, 0.1) is 0 Å². The van der Waals surface area contributed by atoms with Crippen LogP contribution >= 0.6 is 11.8 Å². The van der Waals surface area contributed by atoms with Crippen molar-refractivity contribution in [2.75, 3.05) is 0 Å². The zero-order valence-electron chi connectivity index (χ0n) is 25.2. The van der Waals surface area contributed by atoms with Crippen LogP contribution in [0.3, 0.4) is 0 Å². The minimum absolute atomic E-state index is 0.182. The minimum Gasteiger partial charge on any atom is -0.249 e. The second-order valence-corrected chi connectivity index (χ2v) is 13.0. The molecule has 0 bridgehead atoms. The first-order valence-electron chi connectivity index (χ1n) is 14.7. The van der Waals surface area contributed by atoms with Gasteiger partial charge < -0.3 is 0 Å². The molecule has 0 saturated carbocycles. The van der Waals surface area contributed by atoms with Gasteiger partial charge in [0.15, 0.2) is 0 Å². The summed E-state index contributed by atoms with van der Waals surface area (Å²) < 4.78 is 0. The van der Waals surface area contributed by atoms with Crippen molar-refractivity contribution in [3.05, 3.63) is 131 Å². The van der Waals surface area contributed by atoms with Crippen molar-refractivity contribution in [2.24, 2.45) is 0 Å². The van der Waals surface area contributed by atoms with Crippen molar-refractivity contribution >= 4 is 45.6 Å². The lowest BCUT2D eigenvalue weighted by atomic mass is 9.34. The van der Waals surface area contributed by atoms with E-state index in [9.17, 15) is 0 Å². The van der Waals surface area contributed by atoms with Gasteiger partial charge in [-0.15, -0.1) is 0 Å². The molecule has 0 aliphatic carbocycles. The molecule has 2 heterocycles. The van der Waals surface area contributed by atoms with Gasteiger partial charge in [-0.1, -0.05) is 134 Å². The maximum Gasteiger partial charge on any atom is 0.242 e. The summed E-state index contributed by atoms with van der Waals surface area (Å²) in [5, 5.41) is 3.61. The Labute approximate surface area is 254 Å². The van der Waals surface area contributed by atoms with E-state index >= 15 is 0 Å². The number of rotatable bonds is 4. The van der Waals surface area contributed by atoms with Gasteiger partial charge in [-0.3, -0.25) is 0 Å². The molecule has 0 radical (unpaired) electrons. The van der Waals surface area contributed by atoms with E-state index in [2.05, 4.69) is 133 Å². The highest BCUT2D eigenvalue weighted by molar-refractivity contribution is 7.99. The third-order valence-electron chi connectivity index (χ3n) is 8.86. The van der Waals surface area contributed by atoms with Gasteiger partial charge in [-0.25, -0.2) is 4.98 Å². The third-order valence-corrected chi connectivity index (χ3v) is 9.94. The molecule has 0 spiro atoms. The SMILES string of the molecule is Cc1cc(C)c(B(c2ccc(-c3ccc4c(c3)-c3cccc5ccnc(c35)S4)cc2)c2c(C)cc(C)cc2C)c(C)c1. The maximum absolute atomic E-state index is 4.69. The molecule has 5 aromatic carbocycles. The second-order valence-electron chi connectivity index (χ2n) is 12.0. The Hall–Kier alpha value is -4.08. The van der Waals surface area contributed by atoms with Crippen LogP contribution in [0.15, 0.2) is 107 Å². The first-order chi connectivity index (χ1) is 20.3. The van der Waals surface area contributed by atoms with Crippen LogP contribution in [0.25, 0.3) is 33.0 Å². The molecule has 0 fully saturated rings. The molecule has 0 amide bonds. The summed E-state index contributed by atoms with van der Waals surface area (Å²) in [6.07, 6.45) is 1.92. The summed E-state index contributed by atoms with van der Waals surface area (Å²) in [7, 11) is 0. The predicted octanol–water partition coefficient (Wildman–Crippen LogP) is 8.40. The van der Waals surface area contributed by atoms with Gasteiger partial charge in [0.2, 0.25) is 6.71 Å². The molecule has 0 unspecified atom stereocenters. The Morgan fingerprint density at radius 2 is 1.17 bits per heavy atom. The maximum atomic E-state index is 4.69. The van der Waals surface area contributed by atoms with Crippen molar-refractivity contribution < 1.29 is 0 Å². The number of nitrogens with zero attached hydrogens (tertiary/aromatic N) is 1. The number of hydrogen-bond acceptors (Lipinski definition) is 2. The van der Waals surface area contributed by atoms with E-state index in [1.165, 1.54) is 87.7 Å². The second kappa shape index (κ2) is 10.3. The normalized spacial score (nSPS) is 12.0. The average molecular weight is 560 g/mol. The van der Waals surface area contributed by atoms with Crippen molar-refractivity contribution in [3.63, 3.8) is 0 Å².